The summed E-state index contributed by atoms with van der Waals surface area (Å²) in [5, 5.41) is 7.72. The molecule has 0 bridgehead atoms. The van der Waals surface area contributed by atoms with E-state index in [4.69, 9.17) is 0 Å². The van der Waals surface area contributed by atoms with Gasteiger partial charge in [-0.3, -0.25) is 4.68 Å². The van der Waals surface area contributed by atoms with Crippen LogP contribution in [0.2, 0.25) is 0 Å². The van der Waals surface area contributed by atoms with E-state index < -0.39 is 11.6 Å². The van der Waals surface area contributed by atoms with Crippen LogP contribution in [0.15, 0.2) is 24.3 Å². The van der Waals surface area contributed by atoms with Gasteiger partial charge in [0.2, 0.25) is 0 Å². The van der Waals surface area contributed by atoms with Gasteiger partial charge in [0, 0.05) is 18.3 Å². The lowest BCUT2D eigenvalue weighted by Crippen LogP contribution is -2.21. The summed E-state index contributed by atoms with van der Waals surface area (Å²) >= 11 is 0. The minimum atomic E-state index is -0.810. The Labute approximate surface area is 124 Å². The van der Waals surface area contributed by atoms with Crippen LogP contribution in [0.25, 0.3) is 0 Å². The monoisotopic (exact) mass is 293 g/mol. The van der Waals surface area contributed by atoms with Gasteiger partial charge in [0.05, 0.1) is 5.69 Å². The van der Waals surface area contributed by atoms with Crippen molar-refractivity contribution in [2.75, 3.05) is 6.54 Å². The number of aromatic nitrogens is 2. The summed E-state index contributed by atoms with van der Waals surface area (Å²) in [4.78, 5) is 0. The van der Waals surface area contributed by atoms with Crippen LogP contribution < -0.4 is 5.32 Å². The minimum absolute atomic E-state index is 0.0134. The second kappa shape index (κ2) is 6.80. The van der Waals surface area contributed by atoms with Crippen LogP contribution in [0.5, 0.6) is 0 Å². The molecule has 114 valence electrons. The topological polar surface area (TPSA) is 29.9 Å². The average Bonchev–Trinajstić information content (AvgIpc) is 2.76. The van der Waals surface area contributed by atoms with Crippen LogP contribution in [0.3, 0.4) is 0 Å². The lowest BCUT2D eigenvalue weighted by Gasteiger charge is -2.14. The molecule has 0 saturated heterocycles. The number of hydrogen-bond donors (Lipinski definition) is 1. The first-order valence-electron chi connectivity index (χ1n) is 7.17. The molecule has 0 spiro atoms. The predicted molar refractivity (Wildman–Crippen MR) is 79.1 cm³/mol. The zero-order chi connectivity index (χ0) is 15.4. The van der Waals surface area contributed by atoms with E-state index in [0.717, 1.165) is 36.5 Å². The largest absolute Gasteiger partial charge is 0.310 e. The van der Waals surface area contributed by atoms with Gasteiger partial charge in [0.1, 0.15) is 0 Å². The first-order valence-corrected chi connectivity index (χ1v) is 7.17. The van der Waals surface area contributed by atoms with Crippen molar-refractivity contribution in [2.45, 2.75) is 39.8 Å². The molecule has 0 radical (unpaired) electrons. The predicted octanol–water partition coefficient (Wildman–Crippen LogP) is 3.52. The Morgan fingerprint density at radius 3 is 2.57 bits per heavy atom. The molecule has 2 aromatic rings. The fourth-order valence-corrected chi connectivity index (χ4v) is 2.35. The molecule has 1 atom stereocenters. The average molecular weight is 293 g/mol. The van der Waals surface area contributed by atoms with Crippen molar-refractivity contribution in [3.05, 3.63) is 52.9 Å². The maximum Gasteiger partial charge on any atom is 0.159 e. The first-order chi connectivity index (χ1) is 9.97. The van der Waals surface area contributed by atoms with Crippen molar-refractivity contribution < 1.29 is 8.78 Å². The molecule has 3 nitrogen and oxygen atoms in total. The maximum atomic E-state index is 13.2. The first kappa shape index (κ1) is 15.6. The molecule has 5 heteroatoms. The number of aryl methyl sites for hydroxylation is 3. The van der Waals surface area contributed by atoms with Gasteiger partial charge in [-0.1, -0.05) is 6.07 Å². The van der Waals surface area contributed by atoms with Crippen molar-refractivity contribution in [1.82, 2.24) is 15.1 Å². The summed E-state index contributed by atoms with van der Waals surface area (Å²) in [5.74, 6) is -1.61. The van der Waals surface area contributed by atoms with Crippen LogP contribution in [-0.2, 0) is 6.54 Å². The van der Waals surface area contributed by atoms with E-state index in [1.165, 1.54) is 12.1 Å². The SMILES string of the molecule is Cc1cc(C)n(CCCNC(C)c2ccc(F)c(F)c2)n1. The molecule has 0 fully saturated rings. The van der Waals surface area contributed by atoms with E-state index in [0.29, 0.717) is 0 Å². The minimum Gasteiger partial charge on any atom is -0.310 e. The smallest absolute Gasteiger partial charge is 0.159 e. The highest BCUT2D eigenvalue weighted by Crippen LogP contribution is 2.15. The quantitative estimate of drug-likeness (QED) is 0.826. The summed E-state index contributed by atoms with van der Waals surface area (Å²) in [6.07, 6.45) is 0.927. The fraction of sp³-hybridized carbons (Fsp3) is 0.438. The van der Waals surface area contributed by atoms with Gasteiger partial charge in [0.25, 0.3) is 0 Å². The second-order valence-electron chi connectivity index (χ2n) is 5.35. The summed E-state index contributed by atoms with van der Waals surface area (Å²) in [6.45, 7) is 7.59. The van der Waals surface area contributed by atoms with Crippen LogP contribution >= 0.6 is 0 Å². The number of rotatable bonds is 6. The van der Waals surface area contributed by atoms with Gasteiger partial charge in [-0.05, 0) is 57.5 Å². The highest BCUT2D eigenvalue weighted by Gasteiger charge is 2.08. The van der Waals surface area contributed by atoms with Gasteiger partial charge >= 0.3 is 0 Å². The number of benzene rings is 1. The molecule has 1 aromatic carbocycles. The molecule has 1 heterocycles. The Morgan fingerprint density at radius 1 is 1.19 bits per heavy atom. The van der Waals surface area contributed by atoms with E-state index in [1.54, 1.807) is 6.07 Å². The number of halogens is 2. The van der Waals surface area contributed by atoms with Gasteiger partial charge in [-0.2, -0.15) is 5.10 Å². The van der Waals surface area contributed by atoms with Crippen LogP contribution in [0.4, 0.5) is 8.78 Å². The third kappa shape index (κ3) is 4.11. The van der Waals surface area contributed by atoms with Crippen LogP contribution in [0.1, 0.15) is 36.3 Å². The van der Waals surface area contributed by atoms with E-state index in [2.05, 4.69) is 16.5 Å². The van der Waals surface area contributed by atoms with Gasteiger partial charge in [-0.25, -0.2) is 8.78 Å². The molecule has 21 heavy (non-hydrogen) atoms. The molecular weight excluding hydrogens is 272 g/mol. The molecule has 0 amide bonds. The molecule has 1 aromatic heterocycles. The zero-order valence-corrected chi connectivity index (χ0v) is 12.7. The Hall–Kier alpha value is -1.75. The van der Waals surface area contributed by atoms with Gasteiger partial charge in [-0.15, -0.1) is 0 Å². The third-order valence-electron chi connectivity index (χ3n) is 3.54. The van der Waals surface area contributed by atoms with Crippen LogP contribution in [-0.4, -0.2) is 16.3 Å². The number of hydrogen-bond acceptors (Lipinski definition) is 2. The summed E-state index contributed by atoms with van der Waals surface area (Å²) in [7, 11) is 0. The zero-order valence-electron chi connectivity index (χ0n) is 12.7. The Kier molecular flexibility index (Phi) is 5.07. The molecule has 1 N–H and O–H groups in total. The molecule has 2 rings (SSSR count). The van der Waals surface area contributed by atoms with E-state index >= 15 is 0 Å². The molecule has 0 saturated carbocycles. The summed E-state index contributed by atoms with van der Waals surface area (Å²) in [5.41, 5.74) is 2.93. The van der Waals surface area contributed by atoms with Crippen molar-refractivity contribution in [2.24, 2.45) is 0 Å². The van der Waals surface area contributed by atoms with Crippen molar-refractivity contribution in [1.29, 1.82) is 0 Å². The standard InChI is InChI=1S/C16H21F2N3/c1-11-9-12(2)21(20-11)8-4-7-19-13(3)14-5-6-15(17)16(18)10-14/h5-6,9-10,13,19H,4,7-8H2,1-3H3. The van der Waals surface area contributed by atoms with Crippen molar-refractivity contribution in [3.63, 3.8) is 0 Å². The second-order valence-corrected chi connectivity index (χ2v) is 5.35. The molecule has 0 aliphatic heterocycles. The normalized spacial score (nSPS) is 12.6. The van der Waals surface area contributed by atoms with Crippen molar-refractivity contribution in [3.8, 4) is 0 Å². The van der Waals surface area contributed by atoms with Gasteiger partial charge in [0.15, 0.2) is 11.6 Å². The van der Waals surface area contributed by atoms with Crippen molar-refractivity contribution >= 4 is 0 Å². The summed E-state index contributed by atoms with van der Waals surface area (Å²) in [6, 6.07) is 6.06. The van der Waals surface area contributed by atoms with Gasteiger partial charge < -0.3 is 5.32 Å². The third-order valence-corrected chi connectivity index (χ3v) is 3.54. The van der Waals surface area contributed by atoms with E-state index in [9.17, 15) is 8.78 Å². The van der Waals surface area contributed by atoms with E-state index in [-0.39, 0.29) is 6.04 Å². The Balaban J connectivity index is 1.80. The maximum absolute atomic E-state index is 13.2. The Bertz CT molecular complexity index is 608. The molecular formula is C16H21F2N3. The molecule has 0 aliphatic rings. The number of nitrogens with one attached hydrogen (secondary N) is 1. The van der Waals surface area contributed by atoms with E-state index in [1.807, 2.05) is 25.5 Å². The lowest BCUT2D eigenvalue weighted by atomic mass is 10.1. The highest BCUT2D eigenvalue weighted by molar-refractivity contribution is 5.20. The highest BCUT2D eigenvalue weighted by atomic mass is 19.2. The number of nitrogens with zero attached hydrogens (tertiary/aromatic N) is 2. The fourth-order valence-electron chi connectivity index (χ4n) is 2.35. The molecule has 0 aliphatic carbocycles. The molecule has 1 unspecified atom stereocenters. The summed E-state index contributed by atoms with van der Waals surface area (Å²) < 4.78 is 28.1. The lowest BCUT2D eigenvalue weighted by molar-refractivity contribution is 0.488. The Morgan fingerprint density at radius 2 is 1.95 bits per heavy atom. The van der Waals surface area contributed by atoms with Crippen LogP contribution in [0, 0.1) is 25.5 Å².